The number of imidazole rings is 1. The van der Waals surface area contributed by atoms with Crippen LogP contribution >= 0.6 is 23.2 Å². The molecule has 194 valence electrons. The fourth-order valence-corrected chi connectivity index (χ4v) is 4.83. The largest absolute Gasteiger partial charge is 0.453 e. The highest BCUT2D eigenvalue weighted by molar-refractivity contribution is 6.30. The van der Waals surface area contributed by atoms with Gasteiger partial charge in [-0.05, 0) is 36.8 Å². The number of aromatic nitrogens is 4. The minimum absolute atomic E-state index is 0.0435. The van der Waals surface area contributed by atoms with Crippen molar-refractivity contribution >= 4 is 40.4 Å². The van der Waals surface area contributed by atoms with E-state index in [0.717, 1.165) is 5.56 Å². The van der Waals surface area contributed by atoms with Crippen LogP contribution < -0.4 is 11.1 Å². The van der Waals surface area contributed by atoms with Crippen LogP contribution in [0.4, 0.5) is 33.6 Å². The number of benzene rings is 1. The second-order valence-electron chi connectivity index (χ2n) is 9.03. The summed E-state index contributed by atoms with van der Waals surface area (Å²) >= 11 is 12.1. The van der Waals surface area contributed by atoms with Crippen LogP contribution in [0.15, 0.2) is 42.6 Å². The van der Waals surface area contributed by atoms with E-state index in [2.05, 4.69) is 20.3 Å². The van der Waals surface area contributed by atoms with Crippen LogP contribution in [0.3, 0.4) is 0 Å². The van der Waals surface area contributed by atoms with Crippen molar-refractivity contribution in [3.63, 3.8) is 0 Å². The summed E-state index contributed by atoms with van der Waals surface area (Å²) in [6.45, 7) is 2.46. The maximum atomic E-state index is 13.6. The quantitative estimate of drug-likeness (QED) is 0.273. The van der Waals surface area contributed by atoms with Gasteiger partial charge in [-0.1, -0.05) is 35.3 Å². The fourth-order valence-electron chi connectivity index (χ4n) is 4.54. The number of hydrogen-bond donors (Lipinski definition) is 2. The Morgan fingerprint density at radius 2 is 1.68 bits per heavy atom. The first-order chi connectivity index (χ1) is 17.3. The van der Waals surface area contributed by atoms with E-state index in [4.69, 9.17) is 28.9 Å². The minimum Gasteiger partial charge on any atom is -0.383 e. The van der Waals surface area contributed by atoms with E-state index < -0.39 is 30.4 Å². The minimum atomic E-state index is -5.67. The number of aryl methyl sites for hydroxylation is 1. The number of nitrogens with one attached hydrogen (secondary N) is 1. The first-order valence-electron chi connectivity index (χ1n) is 11.1. The van der Waals surface area contributed by atoms with E-state index >= 15 is 0 Å². The number of nitrogen functional groups attached to an aromatic ring is 1. The van der Waals surface area contributed by atoms with Gasteiger partial charge in [-0.25, -0.2) is 15.0 Å². The van der Waals surface area contributed by atoms with Crippen LogP contribution in [0, 0.1) is 0 Å². The summed E-state index contributed by atoms with van der Waals surface area (Å²) < 4.78 is 66.7. The Morgan fingerprint density at radius 1 is 1.00 bits per heavy atom. The highest BCUT2D eigenvalue weighted by Crippen LogP contribution is 2.44. The van der Waals surface area contributed by atoms with Crippen molar-refractivity contribution in [2.45, 2.75) is 37.3 Å². The molecule has 0 fully saturated rings. The molecule has 0 saturated heterocycles. The van der Waals surface area contributed by atoms with Gasteiger partial charge in [0.05, 0.1) is 10.5 Å². The lowest BCUT2D eigenvalue weighted by Gasteiger charge is -2.25. The summed E-state index contributed by atoms with van der Waals surface area (Å²) in [5.74, 6) is -4.17. The molecule has 1 aliphatic rings. The molecule has 0 spiro atoms. The summed E-state index contributed by atoms with van der Waals surface area (Å²) in [6.07, 6.45) is -6.42. The van der Waals surface area contributed by atoms with Gasteiger partial charge in [-0.15, -0.1) is 0 Å². The Morgan fingerprint density at radius 3 is 2.35 bits per heavy atom. The second kappa shape index (κ2) is 8.70. The Kier molecular flexibility index (Phi) is 5.99. The van der Waals surface area contributed by atoms with Crippen molar-refractivity contribution in [1.29, 1.82) is 0 Å². The topological polar surface area (TPSA) is 81.1 Å². The number of hydrogen-bond acceptors (Lipinski definition) is 5. The van der Waals surface area contributed by atoms with Gasteiger partial charge in [0.25, 0.3) is 0 Å². The number of nitrogens with two attached hydrogens (primary N) is 1. The molecule has 6 nitrogen and oxygen atoms in total. The van der Waals surface area contributed by atoms with Crippen LogP contribution in [-0.2, 0) is 11.8 Å². The van der Waals surface area contributed by atoms with E-state index in [1.165, 1.54) is 10.6 Å². The first kappa shape index (κ1) is 25.5. The van der Waals surface area contributed by atoms with E-state index in [0.29, 0.717) is 28.5 Å². The molecule has 5 rings (SSSR count). The third-order valence-corrected chi connectivity index (χ3v) is 7.02. The molecule has 13 heteroatoms. The summed E-state index contributed by atoms with van der Waals surface area (Å²) in [5.41, 5.74) is 8.02. The number of fused-ring (bicyclic) bond motifs is 2. The number of alkyl halides is 5. The molecule has 0 bridgehead atoms. The van der Waals surface area contributed by atoms with Gasteiger partial charge < -0.3 is 15.5 Å². The molecule has 37 heavy (non-hydrogen) atoms. The van der Waals surface area contributed by atoms with Crippen LogP contribution in [0.25, 0.3) is 17.0 Å². The maximum Gasteiger partial charge on any atom is 0.453 e. The molecule has 0 saturated carbocycles. The predicted molar refractivity (Wildman–Crippen MR) is 131 cm³/mol. The van der Waals surface area contributed by atoms with Gasteiger partial charge in [0.1, 0.15) is 23.2 Å². The molecule has 3 aromatic heterocycles. The van der Waals surface area contributed by atoms with Crippen molar-refractivity contribution in [3.05, 3.63) is 69.6 Å². The molecule has 1 unspecified atom stereocenters. The molecular weight excluding hydrogens is 538 g/mol. The van der Waals surface area contributed by atoms with Gasteiger partial charge in [0.15, 0.2) is 5.82 Å². The Bertz CT molecular complexity index is 1500. The SMILES string of the molecule is CC1(c2ccc(Cl)cc2)CNc2nc(-c3nc(CCC(F)(F)C(F)(F)F)n4cc(Cl)ccc34)nc(N)c21. The lowest BCUT2D eigenvalue weighted by atomic mass is 9.78. The molecule has 4 heterocycles. The van der Waals surface area contributed by atoms with Crippen molar-refractivity contribution in [2.24, 2.45) is 0 Å². The van der Waals surface area contributed by atoms with Gasteiger partial charge in [0.2, 0.25) is 0 Å². The fraction of sp³-hybridized carbons (Fsp3) is 0.292. The molecule has 4 aromatic rings. The third-order valence-electron chi connectivity index (χ3n) is 6.54. The van der Waals surface area contributed by atoms with Crippen LogP contribution in [0.2, 0.25) is 10.0 Å². The summed E-state index contributed by atoms with van der Waals surface area (Å²) in [5, 5.41) is 4.07. The zero-order valence-electron chi connectivity index (χ0n) is 19.2. The average molecular weight is 557 g/mol. The van der Waals surface area contributed by atoms with E-state index in [1.807, 2.05) is 19.1 Å². The number of pyridine rings is 1. The Labute approximate surface area is 217 Å². The third kappa shape index (κ3) is 4.33. The van der Waals surface area contributed by atoms with Crippen molar-refractivity contribution in [3.8, 4) is 11.5 Å². The number of nitrogens with zero attached hydrogens (tertiary/aromatic N) is 4. The molecule has 1 aromatic carbocycles. The Hall–Kier alpha value is -3.18. The van der Waals surface area contributed by atoms with Gasteiger partial charge >= 0.3 is 12.1 Å². The zero-order valence-corrected chi connectivity index (χ0v) is 20.7. The van der Waals surface area contributed by atoms with Crippen molar-refractivity contribution in [2.75, 3.05) is 17.6 Å². The van der Waals surface area contributed by atoms with Crippen LogP contribution in [-0.4, -0.2) is 38.0 Å². The summed E-state index contributed by atoms with van der Waals surface area (Å²) in [6, 6.07) is 10.4. The summed E-state index contributed by atoms with van der Waals surface area (Å²) in [4.78, 5) is 13.4. The first-order valence-corrected chi connectivity index (χ1v) is 11.8. The predicted octanol–water partition coefficient (Wildman–Crippen LogP) is 6.54. The zero-order chi connectivity index (χ0) is 26.8. The van der Waals surface area contributed by atoms with Gasteiger partial charge in [-0.3, -0.25) is 0 Å². The van der Waals surface area contributed by atoms with Gasteiger partial charge in [0, 0.05) is 41.6 Å². The second-order valence-corrected chi connectivity index (χ2v) is 9.90. The molecule has 3 N–H and O–H groups in total. The van der Waals surface area contributed by atoms with Crippen molar-refractivity contribution < 1.29 is 22.0 Å². The smallest absolute Gasteiger partial charge is 0.383 e. The molecule has 1 aliphatic heterocycles. The molecule has 0 aliphatic carbocycles. The van der Waals surface area contributed by atoms with Crippen LogP contribution in [0.1, 0.15) is 30.3 Å². The molecule has 1 atom stereocenters. The lowest BCUT2D eigenvalue weighted by Crippen LogP contribution is -2.36. The van der Waals surface area contributed by atoms with Gasteiger partial charge in [-0.2, -0.15) is 22.0 Å². The Balaban J connectivity index is 1.57. The number of rotatable bonds is 5. The van der Waals surface area contributed by atoms with E-state index in [1.54, 1.807) is 24.3 Å². The summed E-state index contributed by atoms with van der Waals surface area (Å²) in [7, 11) is 0. The number of anilines is 2. The van der Waals surface area contributed by atoms with Crippen LogP contribution in [0.5, 0.6) is 0 Å². The highest BCUT2D eigenvalue weighted by Gasteiger charge is 2.56. The maximum absolute atomic E-state index is 13.6. The average Bonchev–Trinajstić information content (AvgIpc) is 3.36. The number of halogens is 7. The molecule has 0 radical (unpaired) electrons. The van der Waals surface area contributed by atoms with Crippen molar-refractivity contribution in [1.82, 2.24) is 19.4 Å². The van der Waals surface area contributed by atoms with E-state index in [9.17, 15) is 22.0 Å². The standard InChI is InChI=1S/C24H19Cl2F5N6/c1-22(12-2-4-13(25)5-3-12)11-33-20-17(22)19(32)35-21(36-20)18-15-7-6-14(26)10-37(15)16(34-18)8-9-23(27,28)24(29,30)31/h2-7,10H,8-9,11H2,1H3,(H3,32,33,35,36). The highest BCUT2D eigenvalue weighted by atomic mass is 35.5. The van der Waals surface area contributed by atoms with E-state index in [-0.39, 0.29) is 28.2 Å². The molecule has 0 amide bonds. The normalized spacial score (nSPS) is 17.7. The monoisotopic (exact) mass is 556 g/mol. The lowest BCUT2D eigenvalue weighted by molar-refractivity contribution is -0.284. The molecular formula is C24H19Cl2F5N6.